The molecule has 2 heterocycles. The second kappa shape index (κ2) is 9.86. The van der Waals surface area contributed by atoms with Gasteiger partial charge in [-0.3, -0.25) is 14.8 Å². The maximum atomic E-state index is 11.9. The number of nitrogens with one attached hydrogen (secondary N) is 3. The number of carbonyl (C=O) groups excluding carboxylic acids is 1. The third kappa shape index (κ3) is 5.41. The average Bonchev–Trinajstić information content (AvgIpc) is 3.23. The van der Waals surface area contributed by atoms with Crippen molar-refractivity contribution in [1.29, 1.82) is 0 Å². The van der Waals surface area contributed by atoms with E-state index in [1.165, 1.54) is 6.20 Å². The van der Waals surface area contributed by atoms with Crippen molar-refractivity contribution in [2.75, 3.05) is 20.1 Å². The van der Waals surface area contributed by atoms with Crippen molar-refractivity contribution >= 4 is 11.9 Å². The van der Waals surface area contributed by atoms with Crippen LogP contribution in [0.15, 0.2) is 70.5 Å². The molecule has 1 amide bonds. The molecule has 0 atom stereocenters. The van der Waals surface area contributed by atoms with Crippen molar-refractivity contribution in [3.8, 4) is 11.5 Å². The molecule has 0 spiro atoms. The van der Waals surface area contributed by atoms with E-state index in [2.05, 4.69) is 30.9 Å². The Bertz CT molecular complexity index is 909. The fourth-order valence-electron chi connectivity index (χ4n) is 2.45. The van der Waals surface area contributed by atoms with Gasteiger partial charge in [0.1, 0.15) is 6.26 Å². The average molecular weight is 378 g/mol. The molecule has 0 radical (unpaired) electrons. The van der Waals surface area contributed by atoms with Crippen LogP contribution in [-0.4, -0.2) is 42.0 Å². The standard InChI is InChI=1S/C20H22N6O2/c1-21-20(24-11-10-23-18(27)16-8-5-9-22-12-16)25-13-17-14-28-19(26-17)15-6-3-2-4-7-15/h2-9,12,14H,10-11,13H2,1H3,(H,23,27)(H2,21,24,25). The first-order chi connectivity index (χ1) is 13.8. The molecule has 28 heavy (non-hydrogen) atoms. The molecular formula is C20H22N6O2. The molecule has 0 bridgehead atoms. The Kier molecular flexibility index (Phi) is 6.73. The molecule has 0 saturated carbocycles. The van der Waals surface area contributed by atoms with Gasteiger partial charge in [-0.25, -0.2) is 4.98 Å². The fraction of sp³-hybridized carbons (Fsp3) is 0.200. The minimum absolute atomic E-state index is 0.158. The number of hydrogen-bond acceptors (Lipinski definition) is 5. The molecule has 3 aromatic rings. The molecule has 0 fully saturated rings. The number of guanidine groups is 1. The van der Waals surface area contributed by atoms with E-state index in [1.54, 1.807) is 31.6 Å². The zero-order valence-electron chi connectivity index (χ0n) is 15.6. The molecule has 0 aliphatic carbocycles. The van der Waals surface area contributed by atoms with Gasteiger partial charge in [-0.2, -0.15) is 0 Å². The van der Waals surface area contributed by atoms with Gasteiger partial charge in [-0.05, 0) is 24.3 Å². The van der Waals surface area contributed by atoms with Crippen LogP contribution in [0.5, 0.6) is 0 Å². The number of amides is 1. The highest BCUT2D eigenvalue weighted by Crippen LogP contribution is 2.17. The highest BCUT2D eigenvalue weighted by molar-refractivity contribution is 5.93. The van der Waals surface area contributed by atoms with Crippen LogP contribution in [0.4, 0.5) is 0 Å². The topological polar surface area (TPSA) is 104 Å². The zero-order chi connectivity index (χ0) is 19.6. The highest BCUT2D eigenvalue weighted by atomic mass is 16.3. The van der Waals surface area contributed by atoms with Crippen LogP contribution < -0.4 is 16.0 Å². The highest BCUT2D eigenvalue weighted by Gasteiger charge is 2.07. The Morgan fingerprint density at radius 2 is 1.89 bits per heavy atom. The van der Waals surface area contributed by atoms with Gasteiger partial charge < -0.3 is 20.4 Å². The molecule has 0 unspecified atom stereocenters. The first-order valence-corrected chi connectivity index (χ1v) is 8.89. The van der Waals surface area contributed by atoms with Crippen LogP contribution in [0.1, 0.15) is 16.1 Å². The molecule has 0 aliphatic rings. The van der Waals surface area contributed by atoms with Gasteiger partial charge in [0.25, 0.3) is 5.91 Å². The van der Waals surface area contributed by atoms with Crippen molar-refractivity contribution in [3.63, 3.8) is 0 Å². The number of oxazole rings is 1. The number of aliphatic imine (C=N–C) groups is 1. The predicted molar refractivity (Wildman–Crippen MR) is 107 cm³/mol. The Labute approximate surface area is 163 Å². The molecule has 0 saturated heterocycles. The summed E-state index contributed by atoms with van der Waals surface area (Å²) >= 11 is 0. The van der Waals surface area contributed by atoms with Gasteiger partial charge in [-0.1, -0.05) is 18.2 Å². The lowest BCUT2D eigenvalue weighted by atomic mass is 10.2. The Balaban J connectivity index is 1.40. The van der Waals surface area contributed by atoms with Crippen LogP contribution in [-0.2, 0) is 6.54 Å². The second-order valence-electron chi connectivity index (χ2n) is 5.86. The minimum Gasteiger partial charge on any atom is -0.444 e. The van der Waals surface area contributed by atoms with E-state index in [9.17, 15) is 4.79 Å². The molecular weight excluding hydrogens is 356 g/mol. The molecule has 1 aromatic carbocycles. The second-order valence-corrected chi connectivity index (χ2v) is 5.86. The van der Waals surface area contributed by atoms with E-state index in [0.29, 0.717) is 37.0 Å². The number of hydrogen-bond donors (Lipinski definition) is 3. The summed E-state index contributed by atoms with van der Waals surface area (Å²) in [5, 5.41) is 9.12. The van der Waals surface area contributed by atoms with Crippen molar-refractivity contribution in [1.82, 2.24) is 25.9 Å². The first-order valence-electron chi connectivity index (χ1n) is 8.89. The zero-order valence-corrected chi connectivity index (χ0v) is 15.6. The number of pyridine rings is 1. The van der Waals surface area contributed by atoms with Crippen molar-refractivity contribution in [2.45, 2.75) is 6.54 Å². The van der Waals surface area contributed by atoms with Crippen LogP contribution >= 0.6 is 0 Å². The van der Waals surface area contributed by atoms with Crippen LogP contribution in [0.2, 0.25) is 0 Å². The van der Waals surface area contributed by atoms with Gasteiger partial charge in [0.05, 0.1) is 17.8 Å². The summed E-state index contributed by atoms with van der Waals surface area (Å²) in [6.07, 6.45) is 4.78. The van der Waals surface area contributed by atoms with Crippen LogP contribution in [0, 0.1) is 0 Å². The van der Waals surface area contributed by atoms with Gasteiger partial charge in [-0.15, -0.1) is 0 Å². The summed E-state index contributed by atoms with van der Waals surface area (Å²) in [5.74, 6) is 1.03. The number of aromatic nitrogens is 2. The summed E-state index contributed by atoms with van der Waals surface area (Å²) < 4.78 is 5.52. The van der Waals surface area contributed by atoms with E-state index >= 15 is 0 Å². The third-order valence-electron chi connectivity index (χ3n) is 3.86. The number of benzene rings is 1. The quantitative estimate of drug-likeness (QED) is 0.329. The summed E-state index contributed by atoms with van der Waals surface area (Å²) in [4.78, 5) is 24.5. The van der Waals surface area contributed by atoms with E-state index in [4.69, 9.17) is 4.42 Å². The van der Waals surface area contributed by atoms with E-state index < -0.39 is 0 Å². The monoisotopic (exact) mass is 378 g/mol. The molecule has 8 nitrogen and oxygen atoms in total. The maximum absolute atomic E-state index is 11.9. The van der Waals surface area contributed by atoms with E-state index in [1.807, 2.05) is 30.3 Å². The predicted octanol–water partition coefficient (Wildman–Crippen LogP) is 1.83. The lowest BCUT2D eigenvalue weighted by Crippen LogP contribution is -2.41. The normalized spacial score (nSPS) is 11.1. The van der Waals surface area contributed by atoms with Crippen LogP contribution in [0.25, 0.3) is 11.5 Å². The Morgan fingerprint density at radius 3 is 2.64 bits per heavy atom. The lowest BCUT2D eigenvalue weighted by molar-refractivity contribution is 0.0954. The van der Waals surface area contributed by atoms with Gasteiger partial charge >= 0.3 is 0 Å². The number of nitrogens with zero attached hydrogens (tertiary/aromatic N) is 3. The molecule has 3 N–H and O–H groups in total. The number of rotatable bonds is 7. The SMILES string of the molecule is CN=C(NCCNC(=O)c1cccnc1)NCc1coc(-c2ccccc2)n1. The Hall–Kier alpha value is -3.68. The van der Waals surface area contributed by atoms with Gasteiger partial charge in [0, 0.05) is 38.1 Å². The molecule has 3 rings (SSSR count). The summed E-state index contributed by atoms with van der Waals surface area (Å²) in [6.45, 7) is 1.45. The van der Waals surface area contributed by atoms with E-state index in [-0.39, 0.29) is 5.91 Å². The Morgan fingerprint density at radius 1 is 1.07 bits per heavy atom. The van der Waals surface area contributed by atoms with Gasteiger partial charge in [0.2, 0.25) is 5.89 Å². The van der Waals surface area contributed by atoms with Crippen molar-refractivity contribution in [2.24, 2.45) is 4.99 Å². The lowest BCUT2D eigenvalue weighted by Gasteiger charge is -2.11. The molecule has 144 valence electrons. The third-order valence-corrected chi connectivity index (χ3v) is 3.86. The number of carbonyl (C=O) groups is 1. The molecule has 2 aromatic heterocycles. The van der Waals surface area contributed by atoms with Crippen molar-refractivity contribution < 1.29 is 9.21 Å². The largest absolute Gasteiger partial charge is 0.444 e. The fourth-order valence-corrected chi connectivity index (χ4v) is 2.45. The minimum atomic E-state index is -0.158. The molecule has 0 aliphatic heterocycles. The maximum Gasteiger partial charge on any atom is 0.252 e. The smallest absolute Gasteiger partial charge is 0.252 e. The summed E-state index contributed by atoms with van der Waals surface area (Å²) in [7, 11) is 1.68. The molecule has 8 heteroatoms. The first kappa shape index (κ1) is 19.1. The van der Waals surface area contributed by atoms with Crippen LogP contribution in [0.3, 0.4) is 0 Å². The summed E-state index contributed by atoms with van der Waals surface area (Å²) in [5.41, 5.74) is 2.23. The van der Waals surface area contributed by atoms with Gasteiger partial charge in [0.15, 0.2) is 5.96 Å². The van der Waals surface area contributed by atoms with Crippen molar-refractivity contribution in [3.05, 3.63) is 72.4 Å². The van der Waals surface area contributed by atoms with E-state index in [0.717, 1.165) is 11.3 Å². The summed E-state index contributed by atoms with van der Waals surface area (Å²) in [6, 6.07) is 13.2.